The summed E-state index contributed by atoms with van der Waals surface area (Å²) < 4.78 is 4.99. The number of hydrogen-bond donors (Lipinski definition) is 1. The molecule has 3 heteroatoms. The van der Waals surface area contributed by atoms with E-state index in [2.05, 4.69) is 11.9 Å². The van der Waals surface area contributed by atoms with Gasteiger partial charge in [0.2, 0.25) is 0 Å². The van der Waals surface area contributed by atoms with Gasteiger partial charge in [0.15, 0.2) is 0 Å². The van der Waals surface area contributed by atoms with Crippen LogP contribution in [0.15, 0.2) is 12.2 Å². The third-order valence-corrected chi connectivity index (χ3v) is 2.47. The standard InChI is InChI=1S/C10H17NO2/c1-8-3-5-9(6-4-8)7-13-10(12)11-2/h9H,1,3-7H2,2H3,(H,11,12). The summed E-state index contributed by atoms with van der Waals surface area (Å²) in [6.45, 7) is 4.49. The number of hydrogen-bond acceptors (Lipinski definition) is 2. The van der Waals surface area contributed by atoms with Gasteiger partial charge in [-0.15, -0.1) is 0 Å². The van der Waals surface area contributed by atoms with Crippen molar-refractivity contribution in [3.63, 3.8) is 0 Å². The second-order valence-electron chi connectivity index (χ2n) is 3.54. The summed E-state index contributed by atoms with van der Waals surface area (Å²) in [6, 6.07) is 0. The minimum atomic E-state index is -0.329. The van der Waals surface area contributed by atoms with Crippen molar-refractivity contribution in [1.29, 1.82) is 0 Å². The van der Waals surface area contributed by atoms with Gasteiger partial charge in [0, 0.05) is 7.05 Å². The van der Waals surface area contributed by atoms with E-state index in [-0.39, 0.29) is 6.09 Å². The van der Waals surface area contributed by atoms with Crippen LogP contribution in [-0.2, 0) is 4.74 Å². The highest BCUT2D eigenvalue weighted by molar-refractivity contribution is 5.66. The van der Waals surface area contributed by atoms with Gasteiger partial charge >= 0.3 is 6.09 Å². The van der Waals surface area contributed by atoms with Crippen LogP contribution in [0.5, 0.6) is 0 Å². The zero-order chi connectivity index (χ0) is 9.68. The van der Waals surface area contributed by atoms with Crippen LogP contribution in [0.4, 0.5) is 4.79 Å². The Hall–Kier alpha value is -0.990. The minimum absolute atomic E-state index is 0.329. The Balaban J connectivity index is 2.15. The molecule has 0 saturated heterocycles. The van der Waals surface area contributed by atoms with Crippen LogP contribution >= 0.6 is 0 Å². The van der Waals surface area contributed by atoms with Crippen LogP contribution in [0.1, 0.15) is 25.7 Å². The first-order chi connectivity index (χ1) is 6.22. The van der Waals surface area contributed by atoms with Gasteiger partial charge in [-0.05, 0) is 31.6 Å². The fourth-order valence-electron chi connectivity index (χ4n) is 1.52. The Morgan fingerprint density at radius 2 is 2.23 bits per heavy atom. The van der Waals surface area contributed by atoms with Gasteiger partial charge in [-0.25, -0.2) is 4.79 Å². The second-order valence-corrected chi connectivity index (χ2v) is 3.54. The lowest BCUT2D eigenvalue weighted by molar-refractivity contribution is 0.121. The number of carbonyl (C=O) groups is 1. The zero-order valence-electron chi connectivity index (χ0n) is 8.14. The predicted octanol–water partition coefficient (Wildman–Crippen LogP) is 2.09. The van der Waals surface area contributed by atoms with Gasteiger partial charge in [-0.3, -0.25) is 0 Å². The van der Waals surface area contributed by atoms with Crippen molar-refractivity contribution in [1.82, 2.24) is 5.32 Å². The van der Waals surface area contributed by atoms with E-state index in [1.54, 1.807) is 7.05 Å². The first-order valence-corrected chi connectivity index (χ1v) is 4.73. The lowest BCUT2D eigenvalue weighted by Crippen LogP contribution is -2.23. The van der Waals surface area contributed by atoms with Crippen LogP contribution in [0, 0.1) is 5.92 Å². The molecule has 1 aliphatic rings. The van der Waals surface area contributed by atoms with Gasteiger partial charge in [0.05, 0.1) is 6.61 Å². The summed E-state index contributed by atoms with van der Waals surface area (Å²) in [7, 11) is 1.57. The molecular weight excluding hydrogens is 166 g/mol. The minimum Gasteiger partial charge on any atom is -0.449 e. The van der Waals surface area contributed by atoms with E-state index in [0.29, 0.717) is 12.5 Å². The highest BCUT2D eigenvalue weighted by atomic mass is 16.5. The van der Waals surface area contributed by atoms with Crippen molar-refractivity contribution < 1.29 is 9.53 Å². The van der Waals surface area contributed by atoms with Crippen LogP contribution in [0.2, 0.25) is 0 Å². The van der Waals surface area contributed by atoms with Gasteiger partial charge < -0.3 is 10.1 Å². The lowest BCUT2D eigenvalue weighted by Gasteiger charge is -2.22. The molecular formula is C10H17NO2. The molecule has 0 bridgehead atoms. The molecule has 1 N–H and O–H groups in total. The second kappa shape index (κ2) is 4.90. The molecule has 0 aliphatic heterocycles. The van der Waals surface area contributed by atoms with Crippen molar-refractivity contribution in [3.8, 4) is 0 Å². The van der Waals surface area contributed by atoms with Crippen molar-refractivity contribution in [2.45, 2.75) is 25.7 Å². The molecule has 0 spiro atoms. The molecule has 1 rings (SSSR count). The molecule has 0 aromatic heterocycles. The number of amides is 1. The van der Waals surface area contributed by atoms with Crippen LogP contribution in [-0.4, -0.2) is 19.7 Å². The lowest BCUT2D eigenvalue weighted by atomic mass is 9.87. The average Bonchev–Trinajstić information content (AvgIpc) is 2.16. The van der Waals surface area contributed by atoms with Crippen molar-refractivity contribution in [3.05, 3.63) is 12.2 Å². The van der Waals surface area contributed by atoms with Crippen molar-refractivity contribution in [2.24, 2.45) is 5.92 Å². The van der Waals surface area contributed by atoms with E-state index < -0.39 is 0 Å². The molecule has 1 fully saturated rings. The van der Waals surface area contributed by atoms with Gasteiger partial charge in [0.1, 0.15) is 0 Å². The maximum atomic E-state index is 10.8. The summed E-state index contributed by atoms with van der Waals surface area (Å²) in [6.07, 6.45) is 4.05. The molecule has 1 amide bonds. The van der Waals surface area contributed by atoms with Gasteiger partial charge in [0.25, 0.3) is 0 Å². The summed E-state index contributed by atoms with van der Waals surface area (Å²) in [4.78, 5) is 10.8. The van der Waals surface area contributed by atoms with Crippen LogP contribution in [0.25, 0.3) is 0 Å². The van der Waals surface area contributed by atoms with E-state index in [9.17, 15) is 4.79 Å². The third kappa shape index (κ3) is 3.49. The SMILES string of the molecule is C=C1CCC(COC(=O)NC)CC1. The number of nitrogens with one attached hydrogen (secondary N) is 1. The van der Waals surface area contributed by atoms with Crippen LogP contribution < -0.4 is 5.32 Å². The molecule has 1 aliphatic carbocycles. The molecule has 0 unspecified atom stereocenters. The molecule has 1 saturated carbocycles. The summed E-state index contributed by atoms with van der Waals surface area (Å²) in [5.74, 6) is 0.530. The molecule has 0 aromatic carbocycles. The highest BCUT2D eigenvalue weighted by Gasteiger charge is 2.16. The maximum absolute atomic E-state index is 10.8. The quantitative estimate of drug-likeness (QED) is 0.666. The molecule has 0 heterocycles. The van der Waals surface area contributed by atoms with E-state index >= 15 is 0 Å². The summed E-state index contributed by atoms with van der Waals surface area (Å²) in [5.41, 5.74) is 1.33. The maximum Gasteiger partial charge on any atom is 0.406 e. The highest BCUT2D eigenvalue weighted by Crippen LogP contribution is 2.26. The fraction of sp³-hybridized carbons (Fsp3) is 0.700. The number of alkyl carbamates (subject to hydrolysis) is 1. The molecule has 13 heavy (non-hydrogen) atoms. The monoisotopic (exact) mass is 183 g/mol. The largest absolute Gasteiger partial charge is 0.449 e. The normalized spacial score (nSPS) is 18.4. The Kier molecular flexibility index (Phi) is 3.80. The molecule has 0 atom stereocenters. The molecule has 3 nitrogen and oxygen atoms in total. The van der Waals surface area contributed by atoms with Crippen molar-refractivity contribution in [2.75, 3.05) is 13.7 Å². The Morgan fingerprint density at radius 3 is 2.77 bits per heavy atom. The first kappa shape index (κ1) is 10.1. The number of ether oxygens (including phenoxy) is 1. The van der Waals surface area contributed by atoms with E-state index in [1.807, 2.05) is 0 Å². The van der Waals surface area contributed by atoms with Gasteiger partial charge in [-0.1, -0.05) is 12.2 Å². The number of carbonyl (C=O) groups excluding carboxylic acids is 1. The Bertz CT molecular complexity index is 191. The fourth-order valence-corrected chi connectivity index (χ4v) is 1.52. The molecule has 0 radical (unpaired) electrons. The Labute approximate surface area is 79.2 Å². The summed E-state index contributed by atoms with van der Waals surface area (Å²) >= 11 is 0. The topological polar surface area (TPSA) is 38.3 Å². The average molecular weight is 183 g/mol. The van der Waals surface area contributed by atoms with Gasteiger partial charge in [-0.2, -0.15) is 0 Å². The van der Waals surface area contributed by atoms with E-state index in [4.69, 9.17) is 4.74 Å². The Morgan fingerprint density at radius 1 is 1.62 bits per heavy atom. The first-order valence-electron chi connectivity index (χ1n) is 4.73. The molecule has 0 aromatic rings. The predicted molar refractivity (Wildman–Crippen MR) is 51.5 cm³/mol. The molecule has 74 valence electrons. The number of rotatable bonds is 2. The number of allylic oxidation sites excluding steroid dienone is 1. The zero-order valence-corrected chi connectivity index (χ0v) is 8.14. The third-order valence-electron chi connectivity index (χ3n) is 2.47. The summed E-state index contributed by atoms with van der Waals surface area (Å²) in [5, 5.41) is 2.43. The van der Waals surface area contributed by atoms with E-state index in [0.717, 1.165) is 25.7 Å². The van der Waals surface area contributed by atoms with Crippen molar-refractivity contribution >= 4 is 6.09 Å². The van der Waals surface area contributed by atoms with Crippen LogP contribution in [0.3, 0.4) is 0 Å². The smallest absolute Gasteiger partial charge is 0.406 e. The van der Waals surface area contributed by atoms with E-state index in [1.165, 1.54) is 5.57 Å².